The molecule has 0 saturated heterocycles. The number of hydrogen-bond donors (Lipinski definition) is 0. The molecule has 1 aliphatic heterocycles. The Balaban J connectivity index is 2.08. The fourth-order valence-corrected chi connectivity index (χ4v) is 2.97. The number of fused-ring (bicyclic) bond motifs is 1. The van der Waals surface area contributed by atoms with E-state index in [1.807, 2.05) is 0 Å². The summed E-state index contributed by atoms with van der Waals surface area (Å²) < 4.78 is 2.25. The third kappa shape index (κ3) is 1.34. The molecule has 0 amide bonds. The number of imidazole rings is 1. The summed E-state index contributed by atoms with van der Waals surface area (Å²) in [6, 6.07) is 0.0561. The van der Waals surface area contributed by atoms with Gasteiger partial charge in [0.1, 0.15) is 12.1 Å². The molecule has 1 fully saturated rings. The van der Waals surface area contributed by atoms with Gasteiger partial charge in [0.15, 0.2) is 0 Å². The number of hydrogen-bond acceptors (Lipinski definition) is 2. The van der Waals surface area contributed by atoms with Gasteiger partial charge in [0.2, 0.25) is 0 Å². The van der Waals surface area contributed by atoms with Crippen LogP contribution in [0.25, 0.3) is 0 Å². The number of carbonyl (C=O) groups is 1. The van der Waals surface area contributed by atoms with Crippen molar-refractivity contribution in [1.82, 2.24) is 9.55 Å². The second-order valence-corrected chi connectivity index (χ2v) is 5.10. The second kappa shape index (κ2) is 3.72. The first-order valence-electron chi connectivity index (χ1n) is 6.34. The van der Waals surface area contributed by atoms with Gasteiger partial charge >= 0.3 is 0 Å². The number of aromatic nitrogens is 2. The summed E-state index contributed by atoms with van der Waals surface area (Å²) in [6.07, 6.45) is 8.13. The first-order chi connectivity index (χ1) is 7.81. The van der Waals surface area contributed by atoms with Gasteiger partial charge in [-0.2, -0.15) is 0 Å². The molecule has 0 radical (unpaired) electrons. The van der Waals surface area contributed by atoms with E-state index in [1.165, 1.54) is 30.8 Å². The van der Waals surface area contributed by atoms with E-state index in [4.69, 9.17) is 4.98 Å². The molecule has 1 saturated carbocycles. The zero-order valence-corrected chi connectivity index (χ0v) is 9.78. The van der Waals surface area contributed by atoms with Crippen LogP contribution in [0.5, 0.6) is 0 Å². The molecule has 1 unspecified atom stereocenters. The summed E-state index contributed by atoms with van der Waals surface area (Å²) in [6.45, 7) is 2.08. The largest absolute Gasteiger partial charge is 0.321 e. The lowest BCUT2D eigenvalue weighted by molar-refractivity contribution is -0.111. The van der Waals surface area contributed by atoms with Crippen molar-refractivity contribution in [3.8, 4) is 0 Å². The normalized spacial score (nSPS) is 24.9. The zero-order valence-electron chi connectivity index (χ0n) is 9.78. The van der Waals surface area contributed by atoms with E-state index in [9.17, 15) is 4.79 Å². The Hall–Kier alpha value is -1.12. The lowest BCUT2D eigenvalue weighted by Crippen LogP contribution is -2.24. The van der Waals surface area contributed by atoms with Crippen LogP contribution in [0.15, 0.2) is 0 Å². The van der Waals surface area contributed by atoms with Gasteiger partial charge in [-0.25, -0.2) is 4.98 Å². The summed E-state index contributed by atoms with van der Waals surface area (Å²) >= 11 is 0. The molecule has 0 aromatic carbocycles. The van der Waals surface area contributed by atoms with Gasteiger partial charge in [-0.3, -0.25) is 0 Å². The molecule has 3 nitrogen and oxygen atoms in total. The van der Waals surface area contributed by atoms with Gasteiger partial charge < -0.3 is 9.36 Å². The second-order valence-electron chi connectivity index (χ2n) is 5.10. The molecule has 3 rings (SSSR count). The van der Waals surface area contributed by atoms with Gasteiger partial charge in [-0.05, 0) is 39.0 Å². The first-order valence-corrected chi connectivity index (χ1v) is 6.34. The van der Waals surface area contributed by atoms with Crippen molar-refractivity contribution in [2.75, 3.05) is 0 Å². The Bertz CT molecular complexity index is 418. The van der Waals surface area contributed by atoms with Gasteiger partial charge in [0.05, 0.1) is 11.7 Å². The predicted molar refractivity (Wildman–Crippen MR) is 61.6 cm³/mol. The Morgan fingerprint density at radius 1 is 1.31 bits per heavy atom. The number of rotatable bonds is 2. The van der Waals surface area contributed by atoms with E-state index in [2.05, 4.69) is 11.5 Å². The lowest BCUT2D eigenvalue weighted by Gasteiger charge is -2.30. The number of aryl methyl sites for hydroxylation is 1. The SMILES string of the molecule is Cc1nc(C2CCC2)n2c1CCCC2C=O. The van der Waals surface area contributed by atoms with E-state index in [-0.39, 0.29) is 6.04 Å². The van der Waals surface area contributed by atoms with Crippen molar-refractivity contribution < 1.29 is 4.79 Å². The minimum atomic E-state index is 0.0561. The highest BCUT2D eigenvalue weighted by Gasteiger charge is 2.31. The Labute approximate surface area is 95.9 Å². The number of aldehydes is 1. The molecular formula is C13H18N2O. The van der Waals surface area contributed by atoms with E-state index < -0.39 is 0 Å². The van der Waals surface area contributed by atoms with Crippen LogP contribution in [0.1, 0.15) is 61.3 Å². The third-order valence-electron chi connectivity index (χ3n) is 4.11. The van der Waals surface area contributed by atoms with E-state index in [0.717, 1.165) is 31.2 Å². The topological polar surface area (TPSA) is 34.9 Å². The molecule has 0 N–H and O–H groups in total. The van der Waals surface area contributed by atoms with Crippen LogP contribution >= 0.6 is 0 Å². The Morgan fingerprint density at radius 3 is 2.75 bits per heavy atom. The zero-order chi connectivity index (χ0) is 11.1. The molecule has 86 valence electrons. The average Bonchev–Trinajstić information content (AvgIpc) is 2.54. The molecule has 3 heteroatoms. The fourth-order valence-electron chi connectivity index (χ4n) is 2.97. The maximum absolute atomic E-state index is 11.2. The van der Waals surface area contributed by atoms with E-state index in [0.29, 0.717) is 5.92 Å². The van der Waals surface area contributed by atoms with Crippen molar-refractivity contribution >= 4 is 6.29 Å². The van der Waals surface area contributed by atoms with Gasteiger partial charge in [0.25, 0.3) is 0 Å². The van der Waals surface area contributed by atoms with Crippen molar-refractivity contribution in [1.29, 1.82) is 0 Å². The van der Waals surface area contributed by atoms with Crippen LogP contribution in [-0.2, 0) is 11.2 Å². The average molecular weight is 218 g/mol. The molecule has 0 bridgehead atoms. The predicted octanol–water partition coefficient (Wildman–Crippen LogP) is 2.54. The molecule has 1 atom stereocenters. The van der Waals surface area contributed by atoms with Crippen LogP contribution in [0, 0.1) is 6.92 Å². The molecule has 1 aromatic rings. The summed E-state index contributed by atoms with van der Waals surface area (Å²) in [7, 11) is 0. The van der Waals surface area contributed by atoms with Crippen LogP contribution in [0.3, 0.4) is 0 Å². The van der Waals surface area contributed by atoms with Crippen molar-refractivity contribution in [3.05, 3.63) is 17.2 Å². The quantitative estimate of drug-likeness (QED) is 0.715. The molecule has 2 heterocycles. The van der Waals surface area contributed by atoms with Crippen LogP contribution in [-0.4, -0.2) is 15.8 Å². The Kier molecular flexibility index (Phi) is 2.34. The van der Waals surface area contributed by atoms with Gasteiger partial charge in [0, 0.05) is 11.6 Å². The number of nitrogens with zero attached hydrogens (tertiary/aromatic N) is 2. The monoisotopic (exact) mass is 218 g/mol. The minimum absolute atomic E-state index is 0.0561. The standard InChI is InChI=1S/C13H18N2O/c1-9-12-7-3-6-11(8-16)15(12)13(14-9)10-4-2-5-10/h8,10-11H,2-7H2,1H3. The fraction of sp³-hybridized carbons (Fsp3) is 0.692. The third-order valence-corrected chi connectivity index (χ3v) is 4.11. The Morgan fingerprint density at radius 2 is 2.12 bits per heavy atom. The van der Waals surface area contributed by atoms with Crippen molar-refractivity contribution in [2.45, 2.75) is 57.4 Å². The van der Waals surface area contributed by atoms with Gasteiger partial charge in [-0.15, -0.1) is 0 Å². The summed E-state index contributed by atoms with van der Waals surface area (Å²) in [5, 5.41) is 0. The molecule has 16 heavy (non-hydrogen) atoms. The summed E-state index contributed by atoms with van der Waals surface area (Å²) in [5.41, 5.74) is 2.46. The maximum Gasteiger partial charge on any atom is 0.142 e. The maximum atomic E-state index is 11.2. The highest BCUT2D eigenvalue weighted by atomic mass is 16.1. The van der Waals surface area contributed by atoms with Crippen LogP contribution in [0.4, 0.5) is 0 Å². The van der Waals surface area contributed by atoms with E-state index >= 15 is 0 Å². The van der Waals surface area contributed by atoms with Crippen molar-refractivity contribution in [3.63, 3.8) is 0 Å². The molecule has 1 aromatic heterocycles. The molecule has 1 aliphatic carbocycles. The molecule has 0 spiro atoms. The van der Waals surface area contributed by atoms with Crippen LogP contribution in [0.2, 0.25) is 0 Å². The number of carbonyl (C=O) groups excluding carboxylic acids is 1. The lowest BCUT2D eigenvalue weighted by atomic mass is 9.84. The smallest absolute Gasteiger partial charge is 0.142 e. The highest BCUT2D eigenvalue weighted by molar-refractivity contribution is 5.57. The van der Waals surface area contributed by atoms with Gasteiger partial charge in [-0.1, -0.05) is 6.42 Å². The summed E-state index contributed by atoms with van der Waals surface area (Å²) in [5.74, 6) is 1.81. The highest BCUT2D eigenvalue weighted by Crippen LogP contribution is 2.39. The van der Waals surface area contributed by atoms with E-state index in [1.54, 1.807) is 0 Å². The van der Waals surface area contributed by atoms with Crippen molar-refractivity contribution in [2.24, 2.45) is 0 Å². The molecular weight excluding hydrogens is 200 g/mol. The summed E-state index contributed by atoms with van der Waals surface area (Å²) in [4.78, 5) is 15.9. The van der Waals surface area contributed by atoms with Crippen LogP contribution < -0.4 is 0 Å². The molecule has 2 aliphatic rings. The minimum Gasteiger partial charge on any atom is -0.321 e. The first kappa shape index (κ1) is 10.1.